The lowest BCUT2D eigenvalue weighted by Crippen LogP contribution is -2.38. The minimum Gasteiger partial charge on any atom is -0.478 e. The van der Waals surface area contributed by atoms with E-state index in [0.717, 1.165) is 0 Å². The molecule has 6 N–H and O–H groups in total. The van der Waals surface area contributed by atoms with Crippen molar-refractivity contribution in [1.29, 1.82) is 0 Å². The lowest BCUT2D eigenvalue weighted by molar-refractivity contribution is -0.117. The number of aromatic carboxylic acids is 1. The fourth-order valence-corrected chi connectivity index (χ4v) is 1.89. The second-order valence-electron chi connectivity index (χ2n) is 4.49. The predicted octanol–water partition coefficient (Wildman–Crippen LogP) is 0.205. The maximum Gasteiger partial charge on any atom is 0.337 e. The summed E-state index contributed by atoms with van der Waals surface area (Å²) in [6.45, 7) is 1.70. The average Bonchev–Trinajstić information content (AvgIpc) is 2.41. The maximum atomic E-state index is 11.2. The van der Waals surface area contributed by atoms with E-state index in [1.54, 1.807) is 13.3 Å². The molecule has 1 heterocycles. The van der Waals surface area contributed by atoms with Crippen LogP contribution >= 0.6 is 0 Å². The largest absolute Gasteiger partial charge is 0.478 e. The Balaban J connectivity index is 3.10. The van der Waals surface area contributed by atoms with Crippen LogP contribution in [0.2, 0.25) is 0 Å². The molecule has 8 heteroatoms. The highest BCUT2D eigenvalue weighted by atomic mass is 16.4. The highest BCUT2D eigenvalue weighted by molar-refractivity contribution is 5.89. The molecule has 113 valence electrons. The summed E-state index contributed by atoms with van der Waals surface area (Å²) in [5.74, 6) is -2.09. The number of carbonyl (C=O) groups is 3. The highest BCUT2D eigenvalue weighted by Gasteiger charge is 2.26. The first-order valence-corrected chi connectivity index (χ1v) is 6.18. The topological polar surface area (TPSA) is 148 Å². The van der Waals surface area contributed by atoms with Gasteiger partial charge in [-0.2, -0.15) is 0 Å². The number of hydrogen-bond acceptors (Lipinski definition) is 4. The first-order chi connectivity index (χ1) is 9.82. The van der Waals surface area contributed by atoms with Gasteiger partial charge in [-0.25, -0.2) is 9.59 Å². The molecule has 0 bridgehead atoms. The quantitative estimate of drug-likeness (QED) is 0.566. The van der Waals surface area contributed by atoms with Gasteiger partial charge in [0.25, 0.3) is 0 Å². The Morgan fingerprint density at radius 3 is 2.62 bits per heavy atom. The molecule has 2 unspecified atom stereocenters. The smallest absolute Gasteiger partial charge is 0.337 e. The van der Waals surface area contributed by atoms with Gasteiger partial charge in [-0.3, -0.25) is 9.78 Å². The van der Waals surface area contributed by atoms with Crippen molar-refractivity contribution in [3.63, 3.8) is 0 Å². The molecule has 0 saturated heterocycles. The number of nitrogens with one attached hydrogen (secondary N) is 1. The number of pyridine rings is 1. The Morgan fingerprint density at radius 2 is 2.10 bits per heavy atom. The Labute approximate surface area is 121 Å². The molecule has 0 aliphatic rings. The van der Waals surface area contributed by atoms with E-state index in [-0.39, 0.29) is 17.7 Å². The molecule has 0 aliphatic heterocycles. The van der Waals surface area contributed by atoms with Crippen LogP contribution < -0.4 is 16.8 Å². The van der Waals surface area contributed by atoms with E-state index in [9.17, 15) is 19.5 Å². The van der Waals surface area contributed by atoms with Crippen LogP contribution in [0.1, 0.15) is 35.4 Å². The average molecular weight is 293 g/mol. The number of nitrogens with two attached hydrogens (primary N) is 2. The third kappa shape index (κ3) is 4.75. The van der Waals surface area contributed by atoms with Crippen molar-refractivity contribution in [2.45, 2.75) is 19.4 Å². The van der Waals surface area contributed by atoms with Crippen molar-refractivity contribution in [3.05, 3.63) is 36.0 Å². The van der Waals surface area contributed by atoms with Gasteiger partial charge >= 0.3 is 12.0 Å². The van der Waals surface area contributed by atoms with Crippen molar-refractivity contribution >= 4 is 17.9 Å². The van der Waals surface area contributed by atoms with Gasteiger partial charge < -0.3 is 21.9 Å². The monoisotopic (exact) mass is 293 g/mol. The second kappa shape index (κ2) is 7.22. The summed E-state index contributed by atoms with van der Waals surface area (Å²) < 4.78 is 0. The number of carboxylic acid groups (broad SMARTS) is 1. The molecule has 0 aliphatic carbocycles. The van der Waals surface area contributed by atoms with Crippen molar-refractivity contribution in [2.24, 2.45) is 17.4 Å². The molecule has 3 amide bonds. The Morgan fingerprint density at radius 1 is 1.43 bits per heavy atom. The number of nitrogens with zero attached hydrogens (tertiary/aromatic N) is 1. The normalized spacial score (nSPS) is 13.2. The zero-order valence-electron chi connectivity index (χ0n) is 11.4. The van der Waals surface area contributed by atoms with E-state index < -0.39 is 29.9 Å². The number of carboxylic acids is 1. The van der Waals surface area contributed by atoms with Gasteiger partial charge in [0.1, 0.15) is 0 Å². The molecule has 21 heavy (non-hydrogen) atoms. The number of urea groups is 1. The van der Waals surface area contributed by atoms with Gasteiger partial charge in [-0.1, -0.05) is 6.92 Å². The van der Waals surface area contributed by atoms with Gasteiger partial charge in [-0.15, -0.1) is 0 Å². The third-order valence-electron chi connectivity index (χ3n) is 2.88. The number of carbonyl (C=O) groups excluding carboxylic acids is 2. The summed E-state index contributed by atoms with van der Waals surface area (Å²) in [5, 5.41) is 11.6. The van der Waals surface area contributed by atoms with Crippen molar-refractivity contribution in [1.82, 2.24) is 10.3 Å². The van der Waals surface area contributed by atoms with Crippen molar-refractivity contribution in [3.8, 4) is 0 Å². The number of hydrogen-bond donors (Lipinski definition) is 4. The number of aromatic nitrogens is 1. The molecule has 0 aromatic carbocycles. The van der Waals surface area contributed by atoms with E-state index in [2.05, 4.69) is 10.3 Å². The Kier molecular flexibility index (Phi) is 5.65. The SMILES string of the molecule is CC([CH]CC(N)=O)C(NC(N)=O)c1ncccc1C(=O)O. The minimum absolute atomic E-state index is 0.00660. The van der Waals surface area contributed by atoms with E-state index in [0.29, 0.717) is 0 Å². The van der Waals surface area contributed by atoms with Gasteiger partial charge in [0.05, 0.1) is 17.3 Å². The predicted molar refractivity (Wildman–Crippen MR) is 73.9 cm³/mol. The van der Waals surface area contributed by atoms with Crippen LogP contribution in [-0.2, 0) is 4.79 Å². The molecule has 0 spiro atoms. The number of primary amides is 2. The summed E-state index contributed by atoms with van der Waals surface area (Å²) >= 11 is 0. The highest BCUT2D eigenvalue weighted by Crippen LogP contribution is 2.26. The van der Waals surface area contributed by atoms with Crippen LogP contribution in [0.15, 0.2) is 18.3 Å². The zero-order valence-corrected chi connectivity index (χ0v) is 11.4. The van der Waals surface area contributed by atoms with E-state index in [1.165, 1.54) is 18.3 Å². The molecule has 1 radical (unpaired) electrons. The Bertz CT molecular complexity index is 547. The van der Waals surface area contributed by atoms with Crippen LogP contribution in [-0.4, -0.2) is 28.0 Å². The summed E-state index contributed by atoms with van der Waals surface area (Å²) in [6.07, 6.45) is 2.98. The van der Waals surface area contributed by atoms with Crippen LogP contribution in [0, 0.1) is 12.3 Å². The van der Waals surface area contributed by atoms with Gasteiger partial charge in [-0.05, 0) is 24.5 Å². The molecule has 8 nitrogen and oxygen atoms in total. The molecule has 2 atom stereocenters. The summed E-state index contributed by atoms with van der Waals surface area (Å²) in [5.41, 5.74) is 10.3. The fourth-order valence-electron chi connectivity index (χ4n) is 1.89. The standard InChI is InChI=1S/C13H17N4O4/c1-7(4-5-9(14)18)10(17-13(15)21)11-8(12(19)20)3-2-6-16-11/h2-4,6-7,10H,5H2,1H3,(H2,14,18)(H,19,20)(H3,15,17,21). The fraction of sp³-hybridized carbons (Fsp3) is 0.308. The molecule has 0 fully saturated rings. The summed E-state index contributed by atoms with van der Waals surface area (Å²) in [6, 6.07) is 1.27. The molecular formula is C13H17N4O4. The lowest BCUT2D eigenvalue weighted by Gasteiger charge is -2.24. The van der Waals surface area contributed by atoms with Gasteiger partial charge in [0, 0.05) is 12.6 Å². The second-order valence-corrected chi connectivity index (χ2v) is 4.49. The van der Waals surface area contributed by atoms with Gasteiger partial charge in [0.15, 0.2) is 0 Å². The first kappa shape index (κ1) is 16.4. The molecule has 1 aromatic heterocycles. The maximum absolute atomic E-state index is 11.2. The van der Waals surface area contributed by atoms with E-state index in [4.69, 9.17) is 11.5 Å². The number of rotatable bonds is 7. The van der Waals surface area contributed by atoms with Crippen LogP contribution in [0.5, 0.6) is 0 Å². The molecule has 1 aromatic rings. The van der Waals surface area contributed by atoms with Crippen molar-refractivity contribution in [2.75, 3.05) is 0 Å². The van der Waals surface area contributed by atoms with Crippen LogP contribution in [0.25, 0.3) is 0 Å². The molecule has 0 saturated carbocycles. The lowest BCUT2D eigenvalue weighted by atomic mass is 9.91. The zero-order chi connectivity index (χ0) is 16.0. The van der Waals surface area contributed by atoms with E-state index in [1.807, 2.05) is 0 Å². The van der Waals surface area contributed by atoms with Crippen LogP contribution in [0.3, 0.4) is 0 Å². The molecule has 1 rings (SSSR count). The van der Waals surface area contributed by atoms with Crippen LogP contribution in [0.4, 0.5) is 4.79 Å². The third-order valence-corrected chi connectivity index (χ3v) is 2.88. The first-order valence-electron chi connectivity index (χ1n) is 6.18. The minimum atomic E-state index is -1.17. The number of amides is 3. The van der Waals surface area contributed by atoms with Gasteiger partial charge in [0.2, 0.25) is 5.91 Å². The Hall–Kier alpha value is -2.64. The molecular weight excluding hydrogens is 276 g/mol. The summed E-state index contributed by atoms with van der Waals surface area (Å²) in [7, 11) is 0. The van der Waals surface area contributed by atoms with Crippen molar-refractivity contribution < 1.29 is 19.5 Å². The summed E-state index contributed by atoms with van der Waals surface area (Å²) in [4.78, 5) is 37.2. The van der Waals surface area contributed by atoms with E-state index >= 15 is 0 Å².